The van der Waals surface area contributed by atoms with E-state index in [1.807, 2.05) is 0 Å². The van der Waals surface area contributed by atoms with Crippen LogP contribution in [-0.4, -0.2) is 16.9 Å². The normalized spacial score (nSPS) is 12.2. The van der Waals surface area contributed by atoms with E-state index in [0.717, 1.165) is 0 Å². The first kappa shape index (κ1) is 14.0. The molecule has 2 nitrogen and oxygen atoms in total. The van der Waals surface area contributed by atoms with E-state index in [0.29, 0.717) is 6.08 Å². The summed E-state index contributed by atoms with van der Waals surface area (Å²) in [5.41, 5.74) is -1.05. The zero-order valence-electron chi connectivity index (χ0n) is 10.3. The van der Waals surface area contributed by atoms with Gasteiger partial charge in [0.1, 0.15) is 5.69 Å². The van der Waals surface area contributed by atoms with Gasteiger partial charge in [0.2, 0.25) is 5.78 Å². The zero-order chi connectivity index (χ0) is 14.6. The topological polar surface area (TPSA) is 30.0 Å². The van der Waals surface area contributed by atoms with E-state index in [4.69, 9.17) is 0 Å². The molecule has 0 aliphatic carbocycles. The summed E-state index contributed by atoms with van der Waals surface area (Å²) in [4.78, 5) is 15.6. The molecule has 1 heterocycles. The number of allylic oxidation sites excluding steroid dienone is 2. The van der Waals surface area contributed by atoms with E-state index in [1.54, 1.807) is 18.2 Å². The van der Waals surface area contributed by atoms with Gasteiger partial charge in [-0.25, -0.2) is 0 Å². The Hall–Kier alpha value is -2.43. The van der Waals surface area contributed by atoms with Gasteiger partial charge in [0.15, 0.2) is 0 Å². The second-order valence-electron chi connectivity index (χ2n) is 4.00. The summed E-state index contributed by atoms with van der Waals surface area (Å²) in [5, 5.41) is 0. The van der Waals surface area contributed by atoms with Crippen molar-refractivity contribution in [1.29, 1.82) is 0 Å². The molecule has 102 valence electrons. The summed E-state index contributed by atoms with van der Waals surface area (Å²) in [6.45, 7) is 0. The first-order valence-corrected chi connectivity index (χ1v) is 5.78. The molecule has 5 heteroatoms. The van der Waals surface area contributed by atoms with Crippen LogP contribution in [0.2, 0.25) is 0 Å². The molecule has 0 atom stereocenters. The minimum absolute atomic E-state index is 0.0230. The number of nitrogens with zero attached hydrogens (tertiary/aromatic N) is 1. The van der Waals surface area contributed by atoms with E-state index < -0.39 is 17.5 Å². The molecule has 2 aromatic rings. The third kappa shape index (κ3) is 3.32. The summed E-state index contributed by atoms with van der Waals surface area (Å²) < 4.78 is 39.1. The maximum atomic E-state index is 13.0. The molecule has 0 aliphatic rings. The third-order valence-electron chi connectivity index (χ3n) is 2.58. The smallest absolute Gasteiger partial charge is 0.288 e. The van der Waals surface area contributed by atoms with E-state index >= 15 is 0 Å². The van der Waals surface area contributed by atoms with Crippen LogP contribution in [0.1, 0.15) is 16.1 Å². The number of aromatic nitrogens is 1. The minimum atomic E-state index is -4.61. The molecule has 0 aliphatic heterocycles. The van der Waals surface area contributed by atoms with Gasteiger partial charge in [-0.1, -0.05) is 36.4 Å². The molecule has 0 N–H and O–H groups in total. The Labute approximate surface area is 113 Å². The fourth-order valence-electron chi connectivity index (χ4n) is 1.66. The molecule has 0 spiro atoms. The van der Waals surface area contributed by atoms with Crippen molar-refractivity contribution in [3.05, 3.63) is 72.1 Å². The molecule has 0 fully saturated rings. The van der Waals surface area contributed by atoms with Gasteiger partial charge in [-0.05, 0) is 17.7 Å². The summed E-state index contributed by atoms with van der Waals surface area (Å²) in [6.07, 6.45) is -2.67. The van der Waals surface area contributed by atoms with Crippen molar-refractivity contribution in [1.82, 2.24) is 4.98 Å². The lowest BCUT2D eigenvalue weighted by Crippen LogP contribution is -2.13. The Kier molecular flexibility index (Phi) is 3.98. The third-order valence-corrected chi connectivity index (χ3v) is 2.58. The van der Waals surface area contributed by atoms with Crippen molar-refractivity contribution in [2.75, 3.05) is 0 Å². The van der Waals surface area contributed by atoms with Gasteiger partial charge in [0.05, 0.1) is 5.57 Å². The van der Waals surface area contributed by atoms with Crippen molar-refractivity contribution in [2.45, 2.75) is 6.18 Å². The average Bonchev–Trinajstić information content (AvgIpc) is 2.45. The molecule has 1 aromatic heterocycles. The van der Waals surface area contributed by atoms with E-state index in [1.165, 1.54) is 36.5 Å². The molecular weight excluding hydrogens is 267 g/mol. The van der Waals surface area contributed by atoms with E-state index in [9.17, 15) is 18.0 Å². The lowest BCUT2D eigenvalue weighted by molar-refractivity contribution is -0.0689. The molecule has 0 radical (unpaired) electrons. The van der Waals surface area contributed by atoms with Crippen LogP contribution < -0.4 is 0 Å². The van der Waals surface area contributed by atoms with Crippen molar-refractivity contribution in [3.8, 4) is 0 Å². The molecular formula is C15H10F3NO. The molecule has 1 aromatic carbocycles. The number of ketones is 1. The number of hydrogen-bond donors (Lipinski definition) is 0. The van der Waals surface area contributed by atoms with Gasteiger partial charge in [-0.2, -0.15) is 13.2 Å². The largest absolute Gasteiger partial charge is 0.417 e. The number of carbonyl (C=O) groups is 1. The molecule has 0 amide bonds. The van der Waals surface area contributed by atoms with Crippen LogP contribution in [0.4, 0.5) is 13.2 Å². The predicted molar refractivity (Wildman–Crippen MR) is 69.0 cm³/mol. The number of alkyl halides is 3. The number of pyridine rings is 1. The van der Waals surface area contributed by atoms with Crippen LogP contribution in [0.5, 0.6) is 0 Å². The monoisotopic (exact) mass is 277 g/mol. The van der Waals surface area contributed by atoms with E-state index in [-0.39, 0.29) is 11.3 Å². The highest BCUT2D eigenvalue weighted by Gasteiger charge is 2.35. The van der Waals surface area contributed by atoms with Crippen LogP contribution in [-0.2, 0) is 0 Å². The van der Waals surface area contributed by atoms with E-state index in [2.05, 4.69) is 4.98 Å². The van der Waals surface area contributed by atoms with Gasteiger partial charge in [-0.15, -0.1) is 0 Å². The molecule has 2 rings (SSSR count). The van der Waals surface area contributed by atoms with Gasteiger partial charge in [0, 0.05) is 12.3 Å². The van der Waals surface area contributed by atoms with Crippen LogP contribution in [0.3, 0.4) is 0 Å². The summed E-state index contributed by atoms with van der Waals surface area (Å²) >= 11 is 0. The summed E-state index contributed by atoms with van der Waals surface area (Å²) in [6, 6.07) is 11.7. The van der Waals surface area contributed by atoms with Gasteiger partial charge < -0.3 is 0 Å². The Balaban J connectivity index is 2.43. The van der Waals surface area contributed by atoms with Crippen molar-refractivity contribution in [2.24, 2.45) is 0 Å². The molecule has 0 saturated heterocycles. The van der Waals surface area contributed by atoms with Crippen LogP contribution in [0, 0.1) is 0 Å². The van der Waals surface area contributed by atoms with Crippen LogP contribution in [0.15, 0.2) is 60.8 Å². The lowest BCUT2D eigenvalue weighted by atomic mass is 10.0. The maximum Gasteiger partial charge on any atom is 0.417 e. The fraction of sp³-hybridized carbons (Fsp3) is 0.0667. The Morgan fingerprint density at radius 1 is 1.00 bits per heavy atom. The zero-order valence-corrected chi connectivity index (χ0v) is 10.3. The first-order chi connectivity index (χ1) is 9.48. The maximum absolute atomic E-state index is 13.0. The van der Waals surface area contributed by atoms with Crippen molar-refractivity contribution in [3.63, 3.8) is 0 Å². The number of halogens is 3. The number of carbonyl (C=O) groups excluding carboxylic acids is 1. The lowest BCUT2D eigenvalue weighted by Gasteiger charge is -2.11. The number of benzene rings is 1. The highest BCUT2D eigenvalue weighted by Crippen LogP contribution is 2.33. The van der Waals surface area contributed by atoms with Crippen LogP contribution >= 0.6 is 0 Å². The average molecular weight is 277 g/mol. The highest BCUT2D eigenvalue weighted by atomic mass is 19.4. The Morgan fingerprint density at radius 2 is 1.65 bits per heavy atom. The van der Waals surface area contributed by atoms with Crippen molar-refractivity contribution < 1.29 is 18.0 Å². The standard InChI is InChI=1S/C15H10F3NO/c16-15(17,18)12(11-6-2-1-3-7-11)10-14(20)13-8-4-5-9-19-13/h1-10H/b12-10+. The van der Waals surface area contributed by atoms with Gasteiger partial charge in [-0.3, -0.25) is 9.78 Å². The quantitative estimate of drug-likeness (QED) is 0.629. The second-order valence-corrected chi connectivity index (χ2v) is 4.00. The second kappa shape index (κ2) is 5.69. The predicted octanol–water partition coefficient (Wildman–Crippen LogP) is 3.91. The Morgan fingerprint density at radius 3 is 2.20 bits per heavy atom. The molecule has 20 heavy (non-hydrogen) atoms. The fourth-order valence-corrected chi connectivity index (χ4v) is 1.66. The molecule has 0 unspecified atom stereocenters. The van der Waals surface area contributed by atoms with Gasteiger partial charge >= 0.3 is 6.18 Å². The summed E-state index contributed by atoms with van der Waals surface area (Å²) in [5.74, 6) is -0.776. The van der Waals surface area contributed by atoms with Crippen LogP contribution in [0.25, 0.3) is 5.57 Å². The molecule has 0 saturated carbocycles. The SMILES string of the molecule is O=C(/C=C(\c1ccccc1)C(F)(F)F)c1ccccn1. The number of rotatable bonds is 3. The summed E-state index contributed by atoms with van der Waals surface area (Å²) in [7, 11) is 0. The van der Waals surface area contributed by atoms with Crippen molar-refractivity contribution >= 4 is 11.4 Å². The first-order valence-electron chi connectivity index (χ1n) is 5.78. The minimum Gasteiger partial charge on any atom is -0.288 e. The Bertz CT molecular complexity index is 619. The molecule has 0 bridgehead atoms. The highest BCUT2D eigenvalue weighted by molar-refractivity contribution is 6.07. The number of hydrogen-bond acceptors (Lipinski definition) is 2. The van der Waals surface area contributed by atoms with Gasteiger partial charge in [0.25, 0.3) is 0 Å².